The first-order valence-electron chi connectivity index (χ1n) is 29.9. The molecule has 0 aromatic rings. The molecule has 46 heteroatoms. The number of hydrogen-bond donors (Lipinski definition) is 21. The van der Waals surface area contributed by atoms with Crippen molar-refractivity contribution in [2.45, 2.75) is 236 Å². The van der Waals surface area contributed by atoms with Crippen LogP contribution in [0, 0.1) is 0 Å². The molecular formula is C52H85N5O41. The standard InChI is InChI=1S/C30H49N3O23.C22H36N2O18/c1-9(38)32-13-16(41)15(40)11(5-34)50-25(13)53-24-19(44)21(46)28(56-30(24)49-8-37)52-22-12(6-35)51-26(14(17(22)42)33-10(2)39)54-23-18(43)20(45)27(47-4-3-31)55-29(23)48-7-36;1-7(28)24-9-10(29)16(39-21-14(33)11(30)13(32)20(41-21)36-5-26)8(4-25)38-18(9)40-17-12(31)15(34)19(35-3-2-23)42-22(17)37-6-27/h7-8,11-30,34-35,40-46H,3-6,31H2,1-2H3,(H,32,38)(H,33,39);5-6,8-22,25,29-34H,2-4,23H2,1H3,(H,24,28)/t11?,12?,13?,14?,15-,16-,17-,18-,19-,20?,21?,22-,23+,24+,25-,26-,27-,28-,29?,30?;8?,9?,10-,11+,12-,13+,14?,15?,16-,17+,18-,19-,20?,21-,22?/m11/s1. The Morgan fingerprint density at radius 3 is 0.929 bits per heavy atom. The molecule has 7 rings (SSSR count). The molecule has 7 fully saturated rings. The number of carbonyl (C=O) groups is 7. The van der Waals surface area contributed by atoms with Crippen LogP contribution in [0.15, 0.2) is 0 Å². The zero-order chi connectivity index (χ0) is 72.6. The smallest absolute Gasteiger partial charge is 0.295 e. The molecule has 0 radical (unpaired) electrons. The Labute approximate surface area is 553 Å². The van der Waals surface area contributed by atoms with Crippen molar-refractivity contribution in [3.63, 3.8) is 0 Å². The van der Waals surface area contributed by atoms with Gasteiger partial charge in [0.1, 0.15) is 128 Å². The third-order valence-electron chi connectivity index (χ3n) is 15.7. The molecule has 14 unspecified atom stereocenters. The summed E-state index contributed by atoms with van der Waals surface area (Å²) in [6, 6.07) is -4.75. The first kappa shape index (κ1) is 82.0. The van der Waals surface area contributed by atoms with Crippen LogP contribution in [0.4, 0.5) is 0 Å². The fourth-order valence-corrected chi connectivity index (χ4v) is 11.0. The average molecular weight is 1440 g/mol. The molecule has 3 amide bonds. The molecule has 564 valence electrons. The summed E-state index contributed by atoms with van der Waals surface area (Å²) in [5.41, 5.74) is 10.8. The predicted octanol–water partition coefficient (Wildman–Crippen LogP) is -16.4. The van der Waals surface area contributed by atoms with Crippen LogP contribution in [0.3, 0.4) is 0 Å². The van der Waals surface area contributed by atoms with Crippen LogP contribution >= 0.6 is 0 Å². The van der Waals surface area contributed by atoms with Crippen LogP contribution < -0.4 is 27.4 Å². The van der Waals surface area contributed by atoms with Crippen molar-refractivity contribution in [2.75, 3.05) is 46.1 Å². The summed E-state index contributed by atoms with van der Waals surface area (Å²) in [5, 5.41) is 176. The molecule has 7 heterocycles. The summed E-state index contributed by atoms with van der Waals surface area (Å²) < 4.78 is 96.6. The molecule has 0 aromatic heterocycles. The first-order valence-corrected chi connectivity index (χ1v) is 29.9. The van der Waals surface area contributed by atoms with Crippen LogP contribution in [-0.2, 0) is 119 Å². The molecule has 35 atom stereocenters. The van der Waals surface area contributed by atoms with Gasteiger partial charge in [-0.05, 0) is 0 Å². The molecule has 0 saturated carbocycles. The van der Waals surface area contributed by atoms with Gasteiger partial charge in [0.25, 0.3) is 25.9 Å². The number of hydrogen-bond acceptors (Lipinski definition) is 43. The van der Waals surface area contributed by atoms with Crippen molar-refractivity contribution in [1.82, 2.24) is 16.0 Å². The summed E-state index contributed by atoms with van der Waals surface area (Å²) in [6.45, 7) is -0.00801. The van der Waals surface area contributed by atoms with Crippen LogP contribution in [0.2, 0.25) is 0 Å². The number of nitrogens with two attached hydrogens (primary N) is 2. The van der Waals surface area contributed by atoms with Gasteiger partial charge in [-0.15, -0.1) is 0 Å². The van der Waals surface area contributed by atoms with E-state index in [4.69, 9.17) is 92.0 Å². The van der Waals surface area contributed by atoms with Gasteiger partial charge < -0.3 is 194 Å². The highest BCUT2D eigenvalue weighted by Gasteiger charge is 2.59. The van der Waals surface area contributed by atoms with Crippen molar-refractivity contribution in [1.29, 1.82) is 0 Å². The Kier molecular flexibility index (Phi) is 32.1. The van der Waals surface area contributed by atoms with Gasteiger partial charge in [0.2, 0.25) is 42.9 Å². The van der Waals surface area contributed by atoms with Crippen LogP contribution in [-0.4, -0.2) is 387 Å². The van der Waals surface area contributed by atoms with E-state index in [0.29, 0.717) is 0 Å². The van der Waals surface area contributed by atoms with Gasteiger partial charge in [0, 0.05) is 33.9 Å². The molecule has 7 saturated heterocycles. The van der Waals surface area contributed by atoms with E-state index in [1.165, 1.54) is 0 Å². The maximum atomic E-state index is 12.3. The molecule has 7 aliphatic heterocycles. The molecular weight excluding hydrogens is 1350 g/mol. The number of nitrogens with one attached hydrogen (secondary N) is 3. The minimum Gasteiger partial charge on any atom is -0.435 e. The highest BCUT2D eigenvalue weighted by Crippen LogP contribution is 2.37. The van der Waals surface area contributed by atoms with Crippen molar-refractivity contribution in [3.05, 3.63) is 0 Å². The van der Waals surface area contributed by atoms with Crippen LogP contribution in [0.5, 0.6) is 0 Å². The maximum absolute atomic E-state index is 12.3. The molecule has 23 N–H and O–H groups in total. The van der Waals surface area contributed by atoms with Crippen molar-refractivity contribution < 1.29 is 201 Å². The number of rotatable bonds is 30. The van der Waals surface area contributed by atoms with Gasteiger partial charge in [-0.2, -0.15) is 0 Å². The van der Waals surface area contributed by atoms with E-state index in [0.717, 1.165) is 20.8 Å². The number of ether oxygens (including phenoxy) is 18. The summed E-state index contributed by atoms with van der Waals surface area (Å²) >= 11 is 0. The summed E-state index contributed by atoms with van der Waals surface area (Å²) in [5.74, 6) is -2.22. The summed E-state index contributed by atoms with van der Waals surface area (Å²) in [7, 11) is 0. The van der Waals surface area contributed by atoms with Gasteiger partial charge in [0.05, 0.1) is 33.0 Å². The van der Waals surface area contributed by atoms with Gasteiger partial charge >= 0.3 is 0 Å². The topological polar surface area (TPSA) is 697 Å². The summed E-state index contributed by atoms with van der Waals surface area (Å²) in [4.78, 5) is 80.8. The molecule has 0 aliphatic carbocycles. The van der Waals surface area contributed by atoms with Gasteiger partial charge in [-0.25, -0.2) is 0 Å². The third-order valence-corrected chi connectivity index (χ3v) is 15.7. The highest BCUT2D eigenvalue weighted by molar-refractivity contribution is 5.74. The normalized spacial score (nSPS) is 44.2. The van der Waals surface area contributed by atoms with Crippen molar-refractivity contribution in [2.24, 2.45) is 11.5 Å². The van der Waals surface area contributed by atoms with Crippen LogP contribution in [0.25, 0.3) is 0 Å². The Balaban J connectivity index is 0.000000322. The lowest BCUT2D eigenvalue weighted by molar-refractivity contribution is -0.398. The second-order valence-electron chi connectivity index (χ2n) is 22.5. The maximum Gasteiger partial charge on any atom is 0.295 e. The van der Waals surface area contributed by atoms with E-state index >= 15 is 0 Å². The zero-order valence-electron chi connectivity index (χ0n) is 52.0. The number of aliphatic hydroxyl groups is 16. The third kappa shape index (κ3) is 19.8. The predicted molar refractivity (Wildman–Crippen MR) is 296 cm³/mol. The summed E-state index contributed by atoms with van der Waals surface area (Å²) in [6.07, 6.45) is -57.5. The van der Waals surface area contributed by atoms with E-state index in [2.05, 4.69) is 20.7 Å². The first-order chi connectivity index (χ1) is 46.6. The van der Waals surface area contributed by atoms with Gasteiger partial charge in [0.15, 0.2) is 62.3 Å². The van der Waals surface area contributed by atoms with Gasteiger partial charge in [-0.1, -0.05) is 0 Å². The molecule has 0 bridgehead atoms. The quantitative estimate of drug-likeness (QED) is 0.0235. The Morgan fingerprint density at radius 1 is 0.327 bits per heavy atom. The lowest BCUT2D eigenvalue weighted by atomic mass is 9.95. The number of amides is 3. The van der Waals surface area contributed by atoms with Gasteiger partial charge in [-0.3, -0.25) is 33.6 Å². The lowest BCUT2D eigenvalue weighted by Crippen LogP contribution is -2.70. The van der Waals surface area contributed by atoms with E-state index in [1.807, 2.05) is 0 Å². The molecule has 46 nitrogen and oxygen atoms in total. The second-order valence-corrected chi connectivity index (χ2v) is 22.5. The molecule has 0 aromatic carbocycles. The second kappa shape index (κ2) is 38.3. The average Bonchev–Trinajstić information content (AvgIpc) is 0.779. The van der Waals surface area contributed by atoms with Crippen LogP contribution in [0.1, 0.15) is 20.8 Å². The van der Waals surface area contributed by atoms with E-state index in [1.54, 1.807) is 0 Å². The Morgan fingerprint density at radius 2 is 0.602 bits per heavy atom. The number of aliphatic hydroxyl groups excluding tert-OH is 16. The minimum absolute atomic E-state index is 0.000821. The lowest BCUT2D eigenvalue weighted by Gasteiger charge is -2.49. The Hall–Kier alpha value is -4.99. The zero-order valence-corrected chi connectivity index (χ0v) is 52.0. The highest BCUT2D eigenvalue weighted by atomic mass is 16.8. The largest absolute Gasteiger partial charge is 0.435 e. The Bertz CT molecular complexity index is 2500. The molecule has 0 spiro atoms. The van der Waals surface area contributed by atoms with Crippen molar-refractivity contribution >= 4 is 43.6 Å². The van der Waals surface area contributed by atoms with Crippen molar-refractivity contribution in [3.8, 4) is 0 Å². The SMILES string of the molecule is CC(=O)NC1[C@@H](O[C@@H]2C(OC=O)O[C@@H](OCCN)C(O)[C@H]2O)OC(CO)[C@@H](O[C@@H]2OC(OC=O)[C@@H](O)[C@H](O)C2O)[C@@H]1O.CC(=O)NC1[C@@H](O[C@@H]2C(OC=O)O[C@@H](O[C@@H]3C(CO)O[C@H](O[C@@H]4C(OC=O)O[C@@H](OCCN)C(O)[C@H]4O)C(NC(C)=O)[C@H]3O)C(O)[C@H]2O)OC(CO)[C@@H](O)[C@@H]1O. The number of carbonyl (C=O) groups excluding carboxylic acids is 7. The fourth-order valence-electron chi connectivity index (χ4n) is 11.0. The van der Waals surface area contributed by atoms with E-state index in [-0.39, 0.29) is 52.2 Å². The monoisotopic (exact) mass is 1440 g/mol. The fraction of sp³-hybridized carbons (Fsp3) is 0.865. The minimum atomic E-state index is -2.15. The molecule has 98 heavy (non-hydrogen) atoms. The van der Waals surface area contributed by atoms with E-state index in [9.17, 15) is 115 Å². The van der Waals surface area contributed by atoms with E-state index < -0.39 is 253 Å². The molecule has 7 aliphatic rings.